The Kier molecular flexibility index (Phi) is 3.89. The largest absolute Gasteiger partial charge is 0.329 e. The van der Waals surface area contributed by atoms with Crippen LogP contribution in [0.2, 0.25) is 0 Å². The van der Waals surface area contributed by atoms with Crippen molar-refractivity contribution in [3.8, 4) is 0 Å². The average Bonchev–Trinajstić information content (AvgIpc) is 2.14. The predicted octanol–water partition coefficient (Wildman–Crippen LogP) is 2.17. The van der Waals surface area contributed by atoms with Crippen molar-refractivity contribution in [3.05, 3.63) is 34.4 Å². The molecular weight excluding hydrogens is 184 g/mol. The van der Waals surface area contributed by atoms with E-state index in [0.29, 0.717) is 12.6 Å². The first-order valence-corrected chi connectivity index (χ1v) is 5.41. The Morgan fingerprint density at radius 3 is 2.07 bits per heavy atom. The molecule has 0 aliphatic heterocycles. The Morgan fingerprint density at radius 1 is 1.07 bits per heavy atom. The molecule has 0 aromatic heterocycles. The summed E-state index contributed by atoms with van der Waals surface area (Å²) in [7, 11) is 4.15. The average molecular weight is 206 g/mol. The lowest BCUT2D eigenvalue weighted by atomic mass is 9.95. The fraction of sp³-hybridized carbons (Fsp3) is 0.538. The molecule has 1 rings (SSSR count). The zero-order valence-electron chi connectivity index (χ0n) is 10.5. The lowest BCUT2D eigenvalue weighted by molar-refractivity contribution is 0.305. The molecule has 0 heterocycles. The molecule has 84 valence electrons. The Bertz CT molecular complexity index is 343. The van der Waals surface area contributed by atoms with Crippen molar-refractivity contribution in [3.63, 3.8) is 0 Å². The SMILES string of the molecule is Cc1cc(C)c(C(CN)N(C)C)cc1C. The summed E-state index contributed by atoms with van der Waals surface area (Å²) in [5, 5.41) is 0. The van der Waals surface area contributed by atoms with Crippen LogP contribution in [0.25, 0.3) is 0 Å². The van der Waals surface area contributed by atoms with Gasteiger partial charge in [0, 0.05) is 12.6 Å². The van der Waals surface area contributed by atoms with Crippen LogP contribution < -0.4 is 5.73 Å². The van der Waals surface area contributed by atoms with Gasteiger partial charge in [0.05, 0.1) is 0 Å². The Hall–Kier alpha value is -0.860. The molecule has 0 bridgehead atoms. The summed E-state index contributed by atoms with van der Waals surface area (Å²) in [5.41, 5.74) is 11.2. The smallest absolute Gasteiger partial charge is 0.0467 e. The van der Waals surface area contributed by atoms with Gasteiger partial charge in [-0.1, -0.05) is 12.1 Å². The third-order valence-electron chi connectivity index (χ3n) is 3.09. The second-order valence-electron chi connectivity index (χ2n) is 4.51. The van der Waals surface area contributed by atoms with Crippen LogP contribution in [-0.2, 0) is 0 Å². The zero-order chi connectivity index (χ0) is 11.6. The number of hydrogen-bond donors (Lipinski definition) is 1. The van der Waals surface area contributed by atoms with Crippen molar-refractivity contribution in [1.29, 1.82) is 0 Å². The van der Waals surface area contributed by atoms with Crippen molar-refractivity contribution in [2.24, 2.45) is 5.73 Å². The van der Waals surface area contributed by atoms with Crippen molar-refractivity contribution in [2.75, 3.05) is 20.6 Å². The van der Waals surface area contributed by atoms with E-state index in [-0.39, 0.29) is 0 Å². The van der Waals surface area contributed by atoms with Gasteiger partial charge in [0.15, 0.2) is 0 Å². The highest BCUT2D eigenvalue weighted by molar-refractivity contribution is 5.38. The van der Waals surface area contributed by atoms with Gasteiger partial charge in [-0.2, -0.15) is 0 Å². The van der Waals surface area contributed by atoms with E-state index in [0.717, 1.165) is 0 Å². The van der Waals surface area contributed by atoms with E-state index in [4.69, 9.17) is 5.73 Å². The zero-order valence-corrected chi connectivity index (χ0v) is 10.5. The van der Waals surface area contributed by atoms with E-state index in [9.17, 15) is 0 Å². The molecule has 0 radical (unpaired) electrons. The summed E-state index contributed by atoms with van der Waals surface area (Å²) in [6.45, 7) is 7.13. The van der Waals surface area contributed by atoms with Crippen LogP contribution in [0, 0.1) is 20.8 Å². The molecule has 0 fully saturated rings. The molecule has 2 heteroatoms. The van der Waals surface area contributed by atoms with E-state index in [1.807, 2.05) is 0 Å². The number of rotatable bonds is 3. The summed E-state index contributed by atoms with van der Waals surface area (Å²) in [6.07, 6.45) is 0. The fourth-order valence-corrected chi connectivity index (χ4v) is 1.96. The van der Waals surface area contributed by atoms with Crippen LogP contribution in [0.1, 0.15) is 28.3 Å². The molecule has 0 aliphatic carbocycles. The van der Waals surface area contributed by atoms with Gasteiger partial charge in [0.1, 0.15) is 0 Å². The maximum Gasteiger partial charge on any atom is 0.0467 e. The minimum Gasteiger partial charge on any atom is -0.329 e. The monoisotopic (exact) mass is 206 g/mol. The van der Waals surface area contributed by atoms with Gasteiger partial charge in [-0.15, -0.1) is 0 Å². The Balaban J connectivity index is 3.18. The molecule has 15 heavy (non-hydrogen) atoms. The first-order chi connectivity index (χ1) is 6.97. The minimum absolute atomic E-state index is 0.323. The van der Waals surface area contributed by atoms with Gasteiger partial charge in [-0.25, -0.2) is 0 Å². The van der Waals surface area contributed by atoms with E-state index in [1.165, 1.54) is 22.3 Å². The quantitative estimate of drug-likeness (QED) is 0.821. The molecule has 0 saturated carbocycles. The summed E-state index contributed by atoms with van der Waals surface area (Å²) in [4.78, 5) is 2.18. The number of aryl methyl sites for hydroxylation is 3. The van der Waals surface area contributed by atoms with Crippen LogP contribution >= 0.6 is 0 Å². The van der Waals surface area contributed by atoms with E-state index in [2.05, 4.69) is 51.9 Å². The van der Waals surface area contributed by atoms with E-state index < -0.39 is 0 Å². The van der Waals surface area contributed by atoms with Gasteiger partial charge in [0.2, 0.25) is 0 Å². The summed E-state index contributed by atoms with van der Waals surface area (Å²) in [6, 6.07) is 4.84. The molecule has 1 unspecified atom stereocenters. The summed E-state index contributed by atoms with van der Waals surface area (Å²) in [5.74, 6) is 0. The van der Waals surface area contributed by atoms with Gasteiger partial charge in [-0.05, 0) is 57.1 Å². The van der Waals surface area contributed by atoms with E-state index in [1.54, 1.807) is 0 Å². The lowest BCUT2D eigenvalue weighted by Gasteiger charge is -2.25. The lowest BCUT2D eigenvalue weighted by Crippen LogP contribution is -2.27. The third kappa shape index (κ3) is 2.58. The van der Waals surface area contributed by atoms with Gasteiger partial charge < -0.3 is 10.6 Å². The number of hydrogen-bond acceptors (Lipinski definition) is 2. The van der Waals surface area contributed by atoms with Crippen molar-refractivity contribution < 1.29 is 0 Å². The van der Waals surface area contributed by atoms with Crippen LogP contribution in [0.5, 0.6) is 0 Å². The molecule has 0 amide bonds. The van der Waals surface area contributed by atoms with Crippen molar-refractivity contribution in [2.45, 2.75) is 26.8 Å². The van der Waals surface area contributed by atoms with Crippen LogP contribution in [0.4, 0.5) is 0 Å². The highest BCUT2D eigenvalue weighted by atomic mass is 15.1. The standard InChI is InChI=1S/C13H22N2/c1-9-6-11(3)12(7-10(9)2)13(8-14)15(4)5/h6-7,13H,8,14H2,1-5H3. The molecule has 1 aromatic rings. The van der Waals surface area contributed by atoms with Gasteiger partial charge in [0.25, 0.3) is 0 Å². The van der Waals surface area contributed by atoms with Crippen LogP contribution in [0.15, 0.2) is 12.1 Å². The predicted molar refractivity (Wildman–Crippen MR) is 66.1 cm³/mol. The van der Waals surface area contributed by atoms with E-state index >= 15 is 0 Å². The number of benzene rings is 1. The topological polar surface area (TPSA) is 29.3 Å². The molecule has 1 atom stereocenters. The second kappa shape index (κ2) is 4.77. The highest BCUT2D eigenvalue weighted by Crippen LogP contribution is 2.24. The molecule has 0 saturated heterocycles. The summed E-state index contributed by atoms with van der Waals surface area (Å²) >= 11 is 0. The normalized spacial score (nSPS) is 13.3. The molecule has 0 aliphatic rings. The molecule has 0 spiro atoms. The maximum atomic E-state index is 5.82. The number of nitrogens with two attached hydrogens (primary N) is 1. The Labute approximate surface area is 93.1 Å². The Morgan fingerprint density at radius 2 is 1.60 bits per heavy atom. The number of likely N-dealkylation sites (N-methyl/N-ethyl adjacent to an activating group) is 1. The maximum absolute atomic E-state index is 5.82. The van der Waals surface area contributed by atoms with Crippen molar-refractivity contribution in [1.82, 2.24) is 4.90 Å². The summed E-state index contributed by atoms with van der Waals surface area (Å²) < 4.78 is 0. The molecule has 1 aromatic carbocycles. The highest BCUT2D eigenvalue weighted by Gasteiger charge is 2.14. The fourth-order valence-electron chi connectivity index (χ4n) is 1.96. The molecule has 2 N–H and O–H groups in total. The van der Waals surface area contributed by atoms with Crippen molar-refractivity contribution >= 4 is 0 Å². The third-order valence-corrected chi connectivity index (χ3v) is 3.09. The van der Waals surface area contributed by atoms with Crippen LogP contribution in [-0.4, -0.2) is 25.5 Å². The van der Waals surface area contributed by atoms with Crippen LogP contribution in [0.3, 0.4) is 0 Å². The molecular formula is C13H22N2. The number of nitrogens with zero attached hydrogens (tertiary/aromatic N) is 1. The second-order valence-corrected chi connectivity index (χ2v) is 4.51. The molecule has 2 nitrogen and oxygen atoms in total. The first-order valence-electron chi connectivity index (χ1n) is 5.41. The first kappa shape index (κ1) is 12.2. The van der Waals surface area contributed by atoms with Gasteiger partial charge >= 0.3 is 0 Å². The van der Waals surface area contributed by atoms with Gasteiger partial charge in [-0.3, -0.25) is 0 Å². The minimum atomic E-state index is 0.323.